The van der Waals surface area contributed by atoms with E-state index in [0.29, 0.717) is 12.0 Å². The third-order valence-electron chi connectivity index (χ3n) is 4.34. The van der Waals surface area contributed by atoms with Crippen molar-refractivity contribution < 1.29 is 4.39 Å². The van der Waals surface area contributed by atoms with Gasteiger partial charge >= 0.3 is 0 Å². The van der Waals surface area contributed by atoms with Gasteiger partial charge < -0.3 is 5.32 Å². The molecule has 0 aromatic heterocycles. The Morgan fingerprint density at radius 2 is 2.19 bits per heavy atom. The van der Waals surface area contributed by atoms with E-state index in [1.165, 1.54) is 18.4 Å². The Labute approximate surface area is 128 Å². The SMILES string of the molecule is CCC1CCCN1Cc1cc(CNCC(C)C)ccc1F. The molecule has 0 bridgehead atoms. The number of rotatable bonds is 7. The van der Waals surface area contributed by atoms with Crippen LogP contribution in [0.15, 0.2) is 18.2 Å². The van der Waals surface area contributed by atoms with Gasteiger partial charge in [-0.15, -0.1) is 0 Å². The maximum atomic E-state index is 14.1. The lowest BCUT2D eigenvalue weighted by Crippen LogP contribution is -2.28. The Morgan fingerprint density at radius 1 is 1.38 bits per heavy atom. The Kier molecular flexibility index (Phi) is 6.19. The van der Waals surface area contributed by atoms with Crippen molar-refractivity contribution in [3.05, 3.63) is 35.1 Å². The summed E-state index contributed by atoms with van der Waals surface area (Å²) < 4.78 is 14.1. The number of hydrogen-bond donors (Lipinski definition) is 1. The maximum absolute atomic E-state index is 14.1. The molecule has 0 amide bonds. The fraction of sp³-hybridized carbons (Fsp3) is 0.667. The van der Waals surface area contributed by atoms with Gasteiger partial charge in [-0.25, -0.2) is 4.39 Å². The summed E-state index contributed by atoms with van der Waals surface area (Å²) in [5, 5.41) is 3.43. The third-order valence-corrected chi connectivity index (χ3v) is 4.34. The van der Waals surface area contributed by atoms with Crippen molar-refractivity contribution in [2.45, 2.75) is 59.2 Å². The molecule has 2 rings (SSSR count). The van der Waals surface area contributed by atoms with E-state index in [9.17, 15) is 4.39 Å². The molecule has 0 aliphatic carbocycles. The van der Waals surface area contributed by atoms with Crippen LogP contribution in [0, 0.1) is 11.7 Å². The van der Waals surface area contributed by atoms with Gasteiger partial charge in [-0.2, -0.15) is 0 Å². The summed E-state index contributed by atoms with van der Waals surface area (Å²) in [6.45, 7) is 10.3. The number of likely N-dealkylation sites (tertiary alicyclic amines) is 1. The predicted molar refractivity (Wildman–Crippen MR) is 86.7 cm³/mol. The fourth-order valence-corrected chi connectivity index (χ4v) is 3.15. The summed E-state index contributed by atoms with van der Waals surface area (Å²) >= 11 is 0. The van der Waals surface area contributed by atoms with Crippen molar-refractivity contribution >= 4 is 0 Å². The number of hydrogen-bond acceptors (Lipinski definition) is 2. The summed E-state index contributed by atoms with van der Waals surface area (Å²) in [4.78, 5) is 2.43. The maximum Gasteiger partial charge on any atom is 0.127 e. The van der Waals surface area contributed by atoms with Crippen LogP contribution in [0.1, 0.15) is 51.2 Å². The van der Waals surface area contributed by atoms with Crippen LogP contribution in [0.5, 0.6) is 0 Å². The van der Waals surface area contributed by atoms with Crippen molar-refractivity contribution in [3.63, 3.8) is 0 Å². The molecule has 1 heterocycles. The molecule has 1 fully saturated rings. The van der Waals surface area contributed by atoms with Crippen LogP contribution in [0.3, 0.4) is 0 Å². The first-order chi connectivity index (χ1) is 10.1. The first-order valence-corrected chi connectivity index (χ1v) is 8.32. The summed E-state index contributed by atoms with van der Waals surface area (Å²) in [6.07, 6.45) is 3.67. The highest BCUT2D eigenvalue weighted by Gasteiger charge is 2.23. The van der Waals surface area contributed by atoms with E-state index in [1.807, 2.05) is 12.1 Å². The second-order valence-electron chi connectivity index (χ2n) is 6.63. The molecule has 21 heavy (non-hydrogen) atoms. The van der Waals surface area contributed by atoms with Crippen molar-refractivity contribution in [3.8, 4) is 0 Å². The van der Waals surface area contributed by atoms with Crippen LogP contribution in [0.4, 0.5) is 4.39 Å². The molecular weight excluding hydrogens is 263 g/mol. The average molecular weight is 292 g/mol. The first-order valence-electron chi connectivity index (χ1n) is 8.32. The van der Waals surface area contributed by atoms with Crippen LogP contribution in [0.2, 0.25) is 0 Å². The van der Waals surface area contributed by atoms with Gasteiger partial charge in [0.2, 0.25) is 0 Å². The molecule has 1 aromatic rings. The minimum atomic E-state index is -0.0654. The standard InChI is InChI=1S/C18H29FN2/c1-4-17-6-5-9-21(17)13-16-10-15(7-8-18(16)19)12-20-11-14(2)3/h7-8,10,14,17,20H,4-6,9,11-13H2,1-3H3. The summed E-state index contributed by atoms with van der Waals surface area (Å²) in [6, 6.07) is 6.19. The largest absolute Gasteiger partial charge is 0.312 e. The van der Waals surface area contributed by atoms with E-state index >= 15 is 0 Å². The van der Waals surface area contributed by atoms with E-state index in [2.05, 4.69) is 31.0 Å². The molecule has 1 aliphatic heterocycles. The molecule has 3 heteroatoms. The van der Waals surface area contributed by atoms with E-state index in [-0.39, 0.29) is 5.82 Å². The van der Waals surface area contributed by atoms with Crippen molar-refractivity contribution in [2.75, 3.05) is 13.1 Å². The van der Waals surface area contributed by atoms with Gasteiger partial charge in [-0.3, -0.25) is 4.90 Å². The lowest BCUT2D eigenvalue weighted by Gasteiger charge is -2.23. The molecule has 1 saturated heterocycles. The summed E-state index contributed by atoms with van der Waals surface area (Å²) in [5.41, 5.74) is 2.03. The highest BCUT2D eigenvalue weighted by Crippen LogP contribution is 2.23. The van der Waals surface area contributed by atoms with Crippen LogP contribution in [0.25, 0.3) is 0 Å². The number of nitrogens with zero attached hydrogens (tertiary/aromatic N) is 1. The lowest BCUT2D eigenvalue weighted by atomic mass is 10.1. The number of nitrogens with one attached hydrogen (secondary N) is 1. The van der Waals surface area contributed by atoms with Crippen LogP contribution in [-0.2, 0) is 13.1 Å². The zero-order valence-electron chi connectivity index (χ0n) is 13.7. The highest BCUT2D eigenvalue weighted by molar-refractivity contribution is 5.25. The molecule has 1 aromatic carbocycles. The quantitative estimate of drug-likeness (QED) is 0.818. The van der Waals surface area contributed by atoms with Crippen LogP contribution >= 0.6 is 0 Å². The predicted octanol–water partition coefficient (Wildman–Crippen LogP) is 3.95. The van der Waals surface area contributed by atoms with Crippen molar-refractivity contribution in [2.24, 2.45) is 5.92 Å². The molecule has 1 atom stereocenters. The molecule has 0 saturated carbocycles. The smallest absolute Gasteiger partial charge is 0.127 e. The van der Waals surface area contributed by atoms with E-state index in [0.717, 1.165) is 38.2 Å². The highest BCUT2D eigenvalue weighted by atomic mass is 19.1. The van der Waals surface area contributed by atoms with Gasteiger partial charge in [0.15, 0.2) is 0 Å². The number of halogens is 1. The topological polar surface area (TPSA) is 15.3 Å². The summed E-state index contributed by atoms with van der Waals surface area (Å²) in [7, 11) is 0. The second kappa shape index (κ2) is 7.90. The zero-order valence-corrected chi connectivity index (χ0v) is 13.7. The van der Waals surface area contributed by atoms with Crippen molar-refractivity contribution in [1.29, 1.82) is 0 Å². The van der Waals surface area contributed by atoms with E-state index < -0.39 is 0 Å². The Bertz CT molecular complexity index is 445. The Balaban J connectivity index is 1.98. The molecule has 1 unspecified atom stereocenters. The fourth-order valence-electron chi connectivity index (χ4n) is 3.15. The van der Waals surface area contributed by atoms with Gasteiger partial charge in [0, 0.05) is 24.7 Å². The van der Waals surface area contributed by atoms with E-state index in [1.54, 1.807) is 6.07 Å². The second-order valence-corrected chi connectivity index (χ2v) is 6.63. The van der Waals surface area contributed by atoms with Crippen LogP contribution < -0.4 is 5.32 Å². The van der Waals surface area contributed by atoms with E-state index in [4.69, 9.17) is 0 Å². The van der Waals surface area contributed by atoms with Gasteiger partial charge in [0.25, 0.3) is 0 Å². The molecule has 0 radical (unpaired) electrons. The molecule has 0 spiro atoms. The van der Waals surface area contributed by atoms with Gasteiger partial charge in [-0.1, -0.05) is 32.9 Å². The van der Waals surface area contributed by atoms with Gasteiger partial charge in [0.05, 0.1) is 0 Å². The zero-order chi connectivity index (χ0) is 15.2. The number of benzene rings is 1. The lowest BCUT2D eigenvalue weighted by molar-refractivity contribution is 0.237. The van der Waals surface area contributed by atoms with Gasteiger partial charge in [-0.05, 0) is 49.9 Å². The molecular formula is C18H29FN2. The monoisotopic (exact) mass is 292 g/mol. The third kappa shape index (κ3) is 4.79. The average Bonchev–Trinajstić information content (AvgIpc) is 2.89. The molecule has 118 valence electrons. The van der Waals surface area contributed by atoms with Crippen LogP contribution in [-0.4, -0.2) is 24.0 Å². The van der Waals surface area contributed by atoms with Crippen molar-refractivity contribution in [1.82, 2.24) is 10.2 Å². The Hall–Kier alpha value is -0.930. The minimum Gasteiger partial charge on any atom is -0.312 e. The summed E-state index contributed by atoms with van der Waals surface area (Å²) in [5.74, 6) is 0.573. The molecule has 1 N–H and O–H groups in total. The molecule has 1 aliphatic rings. The normalized spacial score (nSPS) is 19.6. The van der Waals surface area contributed by atoms with Gasteiger partial charge in [0.1, 0.15) is 5.82 Å². The molecule has 2 nitrogen and oxygen atoms in total. The first kappa shape index (κ1) is 16.4. The Morgan fingerprint density at radius 3 is 2.90 bits per heavy atom. The minimum absolute atomic E-state index is 0.0654.